The topological polar surface area (TPSA) is 26.3 Å². The molecule has 0 bridgehead atoms. The van der Waals surface area contributed by atoms with Crippen LogP contribution in [0.15, 0.2) is 53.0 Å². The zero-order valence-electron chi connectivity index (χ0n) is 11.0. The highest BCUT2D eigenvalue weighted by atomic mass is 127. The first-order valence-corrected chi connectivity index (χ1v) is 8.14. The number of ether oxygens (including phenoxy) is 1. The van der Waals surface area contributed by atoms with Gasteiger partial charge in [0.1, 0.15) is 6.10 Å². The summed E-state index contributed by atoms with van der Waals surface area (Å²) in [7, 11) is 0. The van der Waals surface area contributed by atoms with Crippen molar-refractivity contribution in [2.24, 2.45) is 0 Å². The third-order valence-electron chi connectivity index (χ3n) is 2.87. The van der Waals surface area contributed by atoms with Gasteiger partial charge in [0.05, 0.1) is 5.56 Å². The fourth-order valence-electron chi connectivity index (χ4n) is 1.89. The molecule has 0 spiro atoms. The SMILES string of the molecule is CC(Cc1ccccc1Br)OC(=O)c1ccccc1I. The third kappa shape index (κ3) is 4.06. The Hall–Kier alpha value is -0.880. The predicted octanol–water partition coefficient (Wildman–Crippen LogP) is 4.84. The Kier molecular flexibility index (Phi) is 5.60. The van der Waals surface area contributed by atoms with Crippen molar-refractivity contribution in [3.05, 3.63) is 67.7 Å². The van der Waals surface area contributed by atoms with E-state index in [0.29, 0.717) is 12.0 Å². The number of hydrogen-bond acceptors (Lipinski definition) is 2. The Balaban J connectivity index is 2.02. The highest BCUT2D eigenvalue weighted by Crippen LogP contribution is 2.19. The summed E-state index contributed by atoms with van der Waals surface area (Å²) in [6, 6.07) is 15.4. The molecular formula is C16H14BrIO2. The highest BCUT2D eigenvalue weighted by Gasteiger charge is 2.15. The molecule has 20 heavy (non-hydrogen) atoms. The lowest BCUT2D eigenvalue weighted by molar-refractivity contribution is 0.0341. The summed E-state index contributed by atoms with van der Waals surface area (Å²) < 4.78 is 7.46. The standard InChI is InChI=1S/C16H14BrIO2/c1-11(10-12-6-2-4-8-14(12)17)20-16(19)13-7-3-5-9-15(13)18/h2-9,11H,10H2,1H3. The average Bonchev–Trinajstić information content (AvgIpc) is 2.41. The van der Waals surface area contributed by atoms with Crippen molar-refractivity contribution in [2.45, 2.75) is 19.4 Å². The summed E-state index contributed by atoms with van der Waals surface area (Å²) in [4.78, 5) is 12.1. The highest BCUT2D eigenvalue weighted by molar-refractivity contribution is 14.1. The molecule has 0 amide bonds. The number of carbonyl (C=O) groups is 1. The molecule has 4 heteroatoms. The van der Waals surface area contributed by atoms with Crippen LogP contribution < -0.4 is 0 Å². The summed E-state index contributed by atoms with van der Waals surface area (Å²) in [5, 5.41) is 0. The van der Waals surface area contributed by atoms with E-state index in [9.17, 15) is 4.79 Å². The Bertz CT molecular complexity index is 613. The van der Waals surface area contributed by atoms with Crippen LogP contribution in [-0.2, 0) is 11.2 Å². The molecule has 2 aromatic rings. The molecule has 0 heterocycles. The van der Waals surface area contributed by atoms with E-state index in [0.717, 1.165) is 13.6 Å². The van der Waals surface area contributed by atoms with Crippen LogP contribution >= 0.6 is 38.5 Å². The fourth-order valence-corrected chi connectivity index (χ4v) is 2.94. The molecule has 1 unspecified atom stereocenters. The van der Waals surface area contributed by atoms with Crippen molar-refractivity contribution in [2.75, 3.05) is 0 Å². The van der Waals surface area contributed by atoms with Crippen LogP contribution in [0.5, 0.6) is 0 Å². The zero-order chi connectivity index (χ0) is 14.5. The summed E-state index contributed by atoms with van der Waals surface area (Å²) in [6.07, 6.45) is 0.522. The van der Waals surface area contributed by atoms with Crippen molar-refractivity contribution in [3.8, 4) is 0 Å². The van der Waals surface area contributed by atoms with Crippen molar-refractivity contribution < 1.29 is 9.53 Å². The van der Waals surface area contributed by atoms with Gasteiger partial charge in [0, 0.05) is 14.5 Å². The largest absolute Gasteiger partial charge is 0.459 e. The molecule has 0 fully saturated rings. The molecule has 0 aliphatic rings. The van der Waals surface area contributed by atoms with E-state index >= 15 is 0 Å². The molecule has 1 atom stereocenters. The Labute approximate surface area is 140 Å². The average molecular weight is 445 g/mol. The molecule has 0 aliphatic carbocycles. The van der Waals surface area contributed by atoms with Crippen LogP contribution in [0.4, 0.5) is 0 Å². The second-order valence-corrected chi connectivity index (χ2v) is 6.51. The molecule has 0 N–H and O–H groups in total. The van der Waals surface area contributed by atoms with Gasteiger partial charge in [-0.25, -0.2) is 4.79 Å². The van der Waals surface area contributed by atoms with E-state index in [1.54, 1.807) is 6.07 Å². The lowest BCUT2D eigenvalue weighted by Crippen LogP contribution is -2.18. The maximum absolute atomic E-state index is 12.1. The van der Waals surface area contributed by atoms with Crippen LogP contribution in [0.25, 0.3) is 0 Å². The van der Waals surface area contributed by atoms with Crippen LogP contribution in [0.1, 0.15) is 22.8 Å². The van der Waals surface area contributed by atoms with Crippen molar-refractivity contribution in [1.29, 1.82) is 0 Å². The minimum absolute atomic E-state index is 0.169. The van der Waals surface area contributed by atoms with Crippen LogP contribution in [0.3, 0.4) is 0 Å². The molecule has 2 nitrogen and oxygen atoms in total. The quantitative estimate of drug-likeness (QED) is 0.498. The van der Waals surface area contributed by atoms with E-state index in [4.69, 9.17) is 4.74 Å². The minimum atomic E-state index is -0.269. The van der Waals surface area contributed by atoms with Crippen molar-refractivity contribution in [1.82, 2.24) is 0 Å². The monoisotopic (exact) mass is 444 g/mol. The second kappa shape index (κ2) is 7.22. The van der Waals surface area contributed by atoms with Gasteiger partial charge >= 0.3 is 5.97 Å². The normalized spacial score (nSPS) is 11.9. The second-order valence-electron chi connectivity index (χ2n) is 4.49. The maximum Gasteiger partial charge on any atom is 0.339 e. The molecule has 0 aliphatic heterocycles. The number of rotatable bonds is 4. The van der Waals surface area contributed by atoms with E-state index in [1.165, 1.54) is 0 Å². The first-order valence-electron chi connectivity index (χ1n) is 6.27. The van der Waals surface area contributed by atoms with Crippen molar-refractivity contribution in [3.63, 3.8) is 0 Å². The molecule has 2 rings (SSSR count). The third-order valence-corrected chi connectivity index (χ3v) is 4.58. The van der Waals surface area contributed by atoms with Crippen LogP contribution in [-0.4, -0.2) is 12.1 Å². The zero-order valence-corrected chi connectivity index (χ0v) is 14.7. The molecule has 0 saturated carbocycles. The molecule has 0 saturated heterocycles. The summed E-state index contributed by atoms with van der Waals surface area (Å²) in [6.45, 7) is 1.91. The van der Waals surface area contributed by atoms with Crippen LogP contribution in [0, 0.1) is 3.57 Å². The van der Waals surface area contributed by atoms with Gasteiger partial charge in [-0.1, -0.05) is 46.3 Å². The first-order chi connectivity index (χ1) is 9.58. The minimum Gasteiger partial charge on any atom is -0.459 e. The smallest absolute Gasteiger partial charge is 0.339 e. The van der Waals surface area contributed by atoms with Gasteiger partial charge in [-0.15, -0.1) is 0 Å². The number of esters is 1. The summed E-state index contributed by atoms with van der Waals surface area (Å²) in [5.74, 6) is -0.269. The van der Waals surface area contributed by atoms with Gasteiger partial charge in [0.15, 0.2) is 0 Å². The molecule has 0 radical (unpaired) electrons. The molecule has 104 valence electrons. The number of carbonyl (C=O) groups excluding carboxylic acids is 1. The maximum atomic E-state index is 12.1. The lowest BCUT2D eigenvalue weighted by atomic mass is 10.1. The van der Waals surface area contributed by atoms with Gasteiger partial charge in [0.2, 0.25) is 0 Å². The summed E-state index contributed by atoms with van der Waals surface area (Å²) in [5.41, 5.74) is 1.75. The Morgan fingerprint density at radius 2 is 1.85 bits per heavy atom. The predicted molar refractivity (Wildman–Crippen MR) is 91.9 cm³/mol. The summed E-state index contributed by atoms with van der Waals surface area (Å²) >= 11 is 5.65. The first kappa shape index (κ1) is 15.5. The van der Waals surface area contributed by atoms with Gasteiger partial charge in [-0.3, -0.25) is 0 Å². The Morgan fingerprint density at radius 3 is 2.55 bits per heavy atom. The van der Waals surface area contributed by atoms with Gasteiger partial charge in [-0.2, -0.15) is 0 Å². The van der Waals surface area contributed by atoms with E-state index < -0.39 is 0 Å². The van der Waals surface area contributed by atoms with E-state index in [1.807, 2.05) is 49.4 Å². The molecule has 2 aromatic carbocycles. The van der Waals surface area contributed by atoms with Gasteiger partial charge in [-0.05, 0) is 53.3 Å². The van der Waals surface area contributed by atoms with E-state index in [-0.39, 0.29) is 12.1 Å². The van der Waals surface area contributed by atoms with Crippen molar-refractivity contribution >= 4 is 44.5 Å². The molecule has 0 aromatic heterocycles. The lowest BCUT2D eigenvalue weighted by Gasteiger charge is -2.14. The number of halogens is 2. The van der Waals surface area contributed by atoms with Crippen LogP contribution in [0.2, 0.25) is 0 Å². The number of hydrogen-bond donors (Lipinski definition) is 0. The fraction of sp³-hybridized carbons (Fsp3) is 0.188. The molecular weight excluding hydrogens is 431 g/mol. The van der Waals surface area contributed by atoms with Gasteiger partial charge in [0.25, 0.3) is 0 Å². The number of benzene rings is 2. The Morgan fingerprint density at radius 1 is 1.20 bits per heavy atom. The van der Waals surface area contributed by atoms with Gasteiger partial charge < -0.3 is 4.74 Å². The van der Waals surface area contributed by atoms with E-state index in [2.05, 4.69) is 38.5 Å².